The molecule has 1 aliphatic heterocycles. The summed E-state index contributed by atoms with van der Waals surface area (Å²) in [6.45, 7) is 11.4. The molecular weight excluding hydrogens is 249 g/mol. The van der Waals surface area contributed by atoms with E-state index < -0.39 is 0 Å². The standard InChI is InChI=1S/C10H23N3O.2ClH/c1-2-12-4-6-13(7-5-12)8-10-14-9-3-11;;/h2-11H2,1H3;2*1H. The Bertz CT molecular complexity index is 144. The molecular formula is C10H25Cl2N3O. The molecule has 100 valence electrons. The van der Waals surface area contributed by atoms with Crippen LogP contribution in [-0.4, -0.2) is 68.8 Å². The van der Waals surface area contributed by atoms with Crippen LogP contribution in [0.3, 0.4) is 0 Å². The third-order valence-electron chi connectivity index (χ3n) is 2.73. The maximum absolute atomic E-state index is 5.36. The van der Waals surface area contributed by atoms with E-state index in [4.69, 9.17) is 10.5 Å². The van der Waals surface area contributed by atoms with Gasteiger partial charge in [-0.05, 0) is 6.54 Å². The largest absolute Gasteiger partial charge is 0.379 e. The Morgan fingerprint density at radius 2 is 1.56 bits per heavy atom. The summed E-state index contributed by atoms with van der Waals surface area (Å²) in [5.74, 6) is 0. The molecule has 0 aliphatic carbocycles. The second kappa shape index (κ2) is 11.9. The number of nitrogens with two attached hydrogens (primary N) is 1. The van der Waals surface area contributed by atoms with Crippen LogP contribution in [0.5, 0.6) is 0 Å². The van der Waals surface area contributed by atoms with Gasteiger partial charge in [0.05, 0.1) is 13.2 Å². The zero-order valence-electron chi connectivity index (χ0n) is 10.1. The topological polar surface area (TPSA) is 41.7 Å². The lowest BCUT2D eigenvalue weighted by molar-refractivity contribution is 0.0803. The van der Waals surface area contributed by atoms with Crippen LogP contribution in [0.4, 0.5) is 0 Å². The molecule has 0 saturated carbocycles. The Hall–Kier alpha value is 0.420. The first-order valence-corrected chi connectivity index (χ1v) is 5.59. The van der Waals surface area contributed by atoms with Crippen molar-refractivity contribution in [3.05, 3.63) is 0 Å². The molecule has 16 heavy (non-hydrogen) atoms. The number of nitrogens with zero attached hydrogens (tertiary/aromatic N) is 2. The molecule has 0 aromatic carbocycles. The van der Waals surface area contributed by atoms with E-state index in [1.807, 2.05) is 0 Å². The molecule has 4 nitrogen and oxygen atoms in total. The zero-order valence-corrected chi connectivity index (χ0v) is 11.7. The van der Waals surface area contributed by atoms with Crippen molar-refractivity contribution in [1.82, 2.24) is 9.80 Å². The molecule has 1 aliphatic rings. The molecule has 1 heterocycles. The zero-order chi connectivity index (χ0) is 10.2. The molecule has 0 unspecified atom stereocenters. The minimum Gasteiger partial charge on any atom is -0.379 e. The summed E-state index contributed by atoms with van der Waals surface area (Å²) in [5, 5.41) is 0. The van der Waals surface area contributed by atoms with E-state index in [-0.39, 0.29) is 24.8 Å². The van der Waals surface area contributed by atoms with Crippen LogP contribution in [0.1, 0.15) is 6.92 Å². The van der Waals surface area contributed by atoms with E-state index in [9.17, 15) is 0 Å². The maximum Gasteiger partial charge on any atom is 0.0594 e. The molecule has 1 fully saturated rings. The Morgan fingerprint density at radius 1 is 1.00 bits per heavy atom. The fourth-order valence-electron chi connectivity index (χ4n) is 1.71. The van der Waals surface area contributed by atoms with Crippen LogP contribution in [0.25, 0.3) is 0 Å². The minimum atomic E-state index is 0. The number of ether oxygens (including phenoxy) is 1. The summed E-state index contributed by atoms with van der Waals surface area (Å²) in [5.41, 5.74) is 5.34. The van der Waals surface area contributed by atoms with Gasteiger partial charge in [0.15, 0.2) is 0 Å². The summed E-state index contributed by atoms with van der Waals surface area (Å²) in [6, 6.07) is 0. The minimum absolute atomic E-state index is 0. The third kappa shape index (κ3) is 7.65. The second-order valence-electron chi connectivity index (χ2n) is 3.68. The van der Waals surface area contributed by atoms with E-state index in [1.54, 1.807) is 0 Å². The lowest BCUT2D eigenvalue weighted by Crippen LogP contribution is -2.47. The first kappa shape index (κ1) is 18.8. The van der Waals surface area contributed by atoms with Gasteiger partial charge in [-0.3, -0.25) is 4.90 Å². The normalized spacial score (nSPS) is 17.6. The van der Waals surface area contributed by atoms with Crippen molar-refractivity contribution in [3.63, 3.8) is 0 Å². The molecule has 6 heteroatoms. The van der Waals surface area contributed by atoms with Crippen LogP contribution < -0.4 is 5.73 Å². The first-order chi connectivity index (χ1) is 6.86. The molecule has 0 bridgehead atoms. The fourth-order valence-corrected chi connectivity index (χ4v) is 1.71. The average molecular weight is 274 g/mol. The van der Waals surface area contributed by atoms with Crippen molar-refractivity contribution in [3.8, 4) is 0 Å². The lowest BCUT2D eigenvalue weighted by atomic mass is 10.3. The molecule has 2 N–H and O–H groups in total. The van der Waals surface area contributed by atoms with Crippen LogP contribution >= 0.6 is 24.8 Å². The van der Waals surface area contributed by atoms with Gasteiger partial charge in [0.2, 0.25) is 0 Å². The predicted octanol–water partition coefficient (Wildman–Crippen LogP) is 0.443. The van der Waals surface area contributed by atoms with Gasteiger partial charge in [-0.25, -0.2) is 0 Å². The molecule has 1 saturated heterocycles. The average Bonchev–Trinajstić information content (AvgIpc) is 2.25. The van der Waals surface area contributed by atoms with E-state index in [1.165, 1.54) is 32.7 Å². The molecule has 0 radical (unpaired) electrons. The van der Waals surface area contributed by atoms with Gasteiger partial charge in [0, 0.05) is 39.3 Å². The predicted molar refractivity (Wildman–Crippen MR) is 72.9 cm³/mol. The highest BCUT2D eigenvalue weighted by Crippen LogP contribution is 2.00. The fraction of sp³-hybridized carbons (Fsp3) is 1.00. The van der Waals surface area contributed by atoms with E-state index >= 15 is 0 Å². The van der Waals surface area contributed by atoms with Gasteiger partial charge in [-0.1, -0.05) is 6.92 Å². The number of piperazine rings is 1. The van der Waals surface area contributed by atoms with Crippen LogP contribution in [0.15, 0.2) is 0 Å². The van der Waals surface area contributed by atoms with Crippen molar-refractivity contribution >= 4 is 24.8 Å². The molecule has 0 spiro atoms. The second-order valence-corrected chi connectivity index (χ2v) is 3.68. The Balaban J connectivity index is 0. The van der Waals surface area contributed by atoms with Gasteiger partial charge in [0.1, 0.15) is 0 Å². The van der Waals surface area contributed by atoms with E-state index in [0.29, 0.717) is 13.2 Å². The SMILES string of the molecule is CCN1CCN(CCOCCN)CC1.Cl.Cl. The first-order valence-electron chi connectivity index (χ1n) is 5.59. The Kier molecular flexibility index (Phi) is 14.0. The quantitative estimate of drug-likeness (QED) is 0.714. The summed E-state index contributed by atoms with van der Waals surface area (Å²) in [4.78, 5) is 4.94. The summed E-state index contributed by atoms with van der Waals surface area (Å²) in [7, 11) is 0. The van der Waals surface area contributed by atoms with E-state index in [0.717, 1.165) is 13.2 Å². The van der Waals surface area contributed by atoms with E-state index in [2.05, 4.69) is 16.7 Å². The van der Waals surface area contributed by atoms with Crippen molar-refractivity contribution in [2.45, 2.75) is 6.92 Å². The maximum atomic E-state index is 5.36. The van der Waals surface area contributed by atoms with Crippen LogP contribution in [0, 0.1) is 0 Å². The molecule has 0 aromatic heterocycles. The van der Waals surface area contributed by atoms with Gasteiger partial charge < -0.3 is 15.4 Å². The van der Waals surface area contributed by atoms with Crippen molar-refractivity contribution < 1.29 is 4.74 Å². The van der Waals surface area contributed by atoms with Crippen LogP contribution in [-0.2, 0) is 4.74 Å². The third-order valence-corrected chi connectivity index (χ3v) is 2.73. The molecule has 0 amide bonds. The summed E-state index contributed by atoms with van der Waals surface area (Å²) < 4.78 is 5.36. The molecule has 1 rings (SSSR count). The number of likely N-dealkylation sites (N-methyl/N-ethyl adjacent to an activating group) is 1. The highest BCUT2D eigenvalue weighted by Gasteiger charge is 2.14. The van der Waals surface area contributed by atoms with Gasteiger partial charge in [0.25, 0.3) is 0 Å². The Morgan fingerprint density at radius 3 is 2.06 bits per heavy atom. The Labute approximate surface area is 111 Å². The highest BCUT2D eigenvalue weighted by atomic mass is 35.5. The van der Waals surface area contributed by atoms with Gasteiger partial charge in [-0.2, -0.15) is 0 Å². The van der Waals surface area contributed by atoms with Gasteiger partial charge in [-0.15, -0.1) is 24.8 Å². The van der Waals surface area contributed by atoms with Crippen molar-refractivity contribution in [1.29, 1.82) is 0 Å². The number of halogens is 2. The monoisotopic (exact) mass is 273 g/mol. The highest BCUT2D eigenvalue weighted by molar-refractivity contribution is 5.85. The number of hydrogen-bond acceptors (Lipinski definition) is 4. The van der Waals surface area contributed by atoms with Gasteiger partial charge >= 0.3 is 0 Å². The van der Waals surface area contributed by atoms with Crippen molar-refractivity contribution in [2.24, 2.45) is 5.73 Å². The molecule has 0 atom stereocenters. The van der Waals surface area contributed by atoms with Crippen LogP contribution in [0.2, 0.25) is 0 Å². The number of hydrogen-bond donors (Lipinski definition) is 1. The summed E-state index contributed by atoms with van der Waals surface area (Å²) in [6.07, 6.45) is 0. The lowest BCUT2D eigenvalue weighted by Gasteiger charge is -2.33. The van der Waals surface area contributed by atoms with Crippen molar-refractivity contribution in [2.75, 3.05) is 59.0 Å². The summed E-state index contributed by atoms with van der Waals surface area (Å²) >= 11 is 0. The smallest absolute Gasteiger partial charge is 0.0594 e. The molecule has 0 aromatic rings. The number of rotatable bonds is 6.